The van der Waals surface area contributed by atoms with E-state index in [4.69, 9.17) is 18.9 Å². The molecule has 1 saturated heterocycles. The molecule has 0 spiro atoms. The van der Waals surface area contributed by atoms with Crippen molar-refractivity contribution in [1.29, 1.82) is 0 Å². The van der Waals surface area contributed by atoms with Gasteiger partial charge in [0.15, 0.2) is 23.6 Å². The zero-order valence-corrected chi connectivity index (χ0v) is 24.0. The van der Waals surface area contributed by atoms with Gasteiger partial charge in [0.25, 0.3) is 5.91 Å². The molecule has 3 rings (SSSR count). The van der Waals surface area contributed by atoms with E-state index in [1.807, 2.05) is 0 Å². The molecule has 1 aliphatic heterocycles. The summed E-state index contributed by atoms with van der Waals surface area (Å²) in [6, 6.07) is 3.39. The van der Waals surface area contributed by atoms with E-state index < -0.39 is 89.5 Å². The average Bonchev–Trinajstić information content (AvgIpc) is 2.98. The number of nitrogens with zero attached hydrogens (tertiary/aromatic N) is 1. The highest BCUT2D eigenvalue weighted by Gasteiger charge is 2.41. The van der Waals surface area contributed by atoms with Gasteiger partial charge in [-0.05, 0) is 50.1 Å². The number of rotatable bonds is 7. The molecule has 0 bridgehead atoms. The van der Waals surface area contributed by atoms with Crippen molar-refractivity contribution in [1.82, 2.24) is 10.3 Å². The summed E-state index contributed by atoms with van der Waals surface area (Å²) in [5.74, 6) is -6.46. The molecule has 2 aromatic rings. The first-order valence-electron chi connectivity index (χ1n) is 13.4. The molecule has 0 aliphatic carbocycles. The molecule has 1 aromatic heterocycles. The SMILES string of the molecule is CCC1C(=O)OCC(NC(=O)c2nccc(C)c2OC(=O)c2cccc(C(F)(F)F)c2)C(=O)OC(C)C1OC(=O)C(C)C. The zero-order valence-electron chi connectivity index (χ0n) is 24.0. The molecule has 2 heterocycles. The van der Waals surface area contributed by atoms with Gasteiger partial charge in [0.05, 0.1) is 23.0 Å². The van der Waals surface area contributed by atoms with Crippen LogP contribution in [0.15, 0.2) is 36.5 Å². The number of pyridine rings is 1. The van der Waals surface area contributed by atoms with Crippen molar-refractivity contribution in [3.05, 3.63) is 58.9 Å². The van der Waals surface area contributed by atoms with E-state index in [0.717, 1.165) is 18.2 Å². The predicted molar refractivity (Wildman–Crippen MR) is 142 cm³/mol. The molecule has 1 fully saturated rings. The minimum absolute atomic E-state index is 0.196. The third kappa shape index (κ3) is 8.08. The summed E-state index contributed by atoms with van der Waals surface area (Å²) in [6.07, 6.45) is -5.53. The molecule has 1 amide bonds. The number of benzene rings is 1. The van der Waals surface area contributed by atoms with Crippen molar-refractivity contribution in [2.24, 2.45) is 11.8 Å². The highest BCUT2D eigenvalue weighted by Crippen LogP contribution is 2.30. The number of aromatic nitrogens is 1. The van der Waals surface area contributed by atoms with Crippen molar-refractivity contribution < 1.29 is 56.1 Å². The Morgan fingerprint density at radius 1 is 1.14 bits per heavy atom. The molecule has 4 atom stereocenters. The number of cyclic esters (lactones) is 2. The zero-order chi connectivity index (χ0) is 32.1. The van der Waals surface area contributed by atoms with Crippen molar-refractivity contribution in [3.8, 4) is 5.75 Å². The van der Waals surface area contributed by atoms with Crippen LogP contribution in [-0.2, 0) is 34.8 Å². The summed E-state index contributed by atoms with van der Waals surface area (Å²) >= 11 is 0. The molecule has 1 aliphatic rings. The fraction of sp³-hybridized carbons (Fsp3) is 0.448. The topological polar surface area (TPSA) is 147 Å². The molecule has 1 N–H and O–H groups in total. The van der Waals surface area contributed by atoms with Gasteiger partial charge in [0.1, 0.15) is 12.7 Å². The first kappa shape index (κ1) is 33.0. The summed E-state index contributed by atoms with van der Waals surface area (Å²) in [7, 11) is 0. The Bertz CT molecular complexity index is 1390. The smallest absolute Gasteiger partial charge is 0.416 e. The quantitative estimate of drug-likeness (QED) is 0.364. The van der Waals surface area contributed by atoms with Gasteiger partial charge in [0.2, 0.25) is 0 Å². The van der Waals surface area contributed by atoms with Gasteiger partial charge in [-0.1, -0.05) is 26.8 Å². The number of alkyl halides is 3. The lowest BCUT2D eigenvalue weighted by Crippen LogP contribution is -2.47. The Hall–Kier alpha value is -4.49. The van der Waals surface area contributed by atoms with Crippen LogP contribution in [0.2, 0.25) is 0 Å². The van der Waals surface area contributed by atoms with Gasteiger partial charge < -0.3 is 24.3 Å². The number of ether oxygens (including phenoxy) is 4. The van der Waals surface area contributed by atoms with E-state index in [9.17, 15) is 37.1 Å². The lowest BCUT2D eigenvalue weighted by molar-refractivity contribution is -0.176. The number of carbonyl (C=O) groups excluding carboxylic acids is 5. The van der Waals surface area contributed by atoms with Crippen LogP contribution in [0.4, 0.5) is 13.2 Å². The van der Waals surface area contributed by atoms with E-state index in [1.54, 1.807) is 20.8 Å². The first-order valence-corrected chi connectivity index (χ1v) is 13.4. The number of carbonyl (C=O) groups is 5. The second-order valence-corrected chi connectivity index (χ2v) is 10.1. The van der Waals surface area contributed by atoms with Gasteiger partial charge in [-0.2, -0.15) is 13.2 Å². The minimum atomic E-state index is -4.70. The molecule has 4 unspecified atom stereocenters. The standard InChI is InChI=1S/C29H31F3N2O9/c1-6-19-23(43-25(36)14(2)3)16(5)41-28(39)20(13-40-27(19)38)34-24(35)21-22(15(4)10-11-33-21)42-26(37)17-8-7-9-18(12-17)29(30,31)32/h7-12,14,16,19-20,23H,6,13H2,1-5H3,(H,34,35). The highest BCUT2D eigenvalue weighted by molar-refractivity contribution is 5.99. The van der Waals surface area contributed by atoms with E-state index >= 15 is 0 Å². The Morgan fingerprint density at radius 2 is 1.84 bits per heavy atom. The molecule has 11 nitrogen and oxygen atoms in total. The predicted octanol–water partition coefficient (Wildman–Crippen LogP) is 3.81. The summed E-state index contributed by atoms with van der Waals surface area (Å²) in [4.78, 5) is 68.1. The summed E-state index contributed by atoms with van der Waals surface area (Å²) < 4.78 is 60.8. The Kier molecular flexibility index (Phi) is 10.5. The summed E-state index contributed by atoms with van der Waals surface area (Å²) in [6.45, 7) is 7.13. The minimum Gasteiger partial charge on any atom is -0.463 e. The fourth-order valence-corrected chi connectivity index (χ4v) is 4.12. The van der Waals surface area contributed by atoms with E-state index in [0.29, 0.717) is 6.07 Å². The van der Waals surface area contributed by atoms with Crippen molar-refractivity contribution >= 4 is 29.8 Å². The molecule has 14 heteroatoms. The highest BCUT2D eigenvalue weighted by atomic mass is 19.4. The number of halogens is 3. The Morgan fingerprint density at radius 3 is 2.47 bits per heavy atom. The summed E-state index contributed by atoms with van der Waals surface area (Å²) in [5, 5.41) is 2.34. The van der Waals surface area contributed by atoms with Gasteiger partial charge in [-0.25, -0.2) is 14.6 Å². The van der Waals surface area contributed by atoms with E-state index in [1.165, 1.54) is 26.1 Å². The van der Waals surface area contributed by atoms with Crippen molar-refractivity contribution in [2.75, 3.05) is 6.61 Å². The van der Waals surface area contributed by atoms with Crippen LogP contribution >= 0.6 is 0 Å². The van der Waals surface area contributed by atoms with Crippen LogP contribution in [0, 0.1) is 18.8 Å². The van der Waals surface area contributed by atoms with Gasteiger partial charge >= 0.3 is 30.1 Å². The van der Waals surface area contributed by atoms with Gasteiger partial charge in [-0.15, -0.1) is 0 Å². The maximum Gasteiger partial charge on any atom is 0.416 e. The van der Waals surface area contributed by atoms with Crippen molar-refractivity contribution in [2.45, 2.75) is 65.5 Å². The lowest BCUT2D eigenvalue weighted by atomic mass is 9.95. The third-order valence-electron chi connectivity index (χ3n) is 6.55. The third-order valence-corrected chi connectivity index (χ3v) is 6.55. The molecular formula is C29H31F3N2O9. The monoisotopic (exact) mass is 608 g/mol. The van der Waals surface area contributed by atoms with Crippen LogP contribution in [0.25, 0.3) is 0 Å². The van der Waals surface area contributed by atoms with Gasteiger partial charge in [-0.3, -0.25) is 14.4 Å². The Balaban J connectivity index is 1.84. The number of amides is 1. The van der Waals surface area contributed by atoms with Crippen LogP contribution in [0.3, 0.4) is 0 Å². The largest absolute Gasteiger partial charge is 0.463 e. The molecule has 232 valence electrons. The molecule has 43 heavy (non-hydrogen) atoms. The second-order valence-electron chi connectivity index (χ2n) is 10.1. The van der Waals surface area contributed by atoms with Crippen LogP contribution in [-0.4, -0.2) is 59.6 Å². The lowest BCUT2D eigenvalue weighted by Gasteiger charge is -2.29. The van der Waals surface area contributed by atoms with Crippen molar-refractivity contribution in [3.63, 3.8) is 0 Å². The van der Waals surface area contributed by atoms with Crippen LogP contribution in [0.1, 0.15) is 66.1 Å². The normalized spacial score (nSPS) is 21.0. The molecule has 1 aromatic carbocycles. The average molecular weight is 609 g/mol. The maximum atomic E-state index is 13.3. The number of hydrogen-bond acceptors (Lipinski definition) is 10. The Labute approximate surface area is 245 Å². The second kappa shape index (κ2) is 13.7. The molecule has 0 radical (unpaired) electrons. The van der Waals surface area contributed by atoms with Gasteiger partial charge in [0, 0.05) is 6.20 Å². The fourth-order valence-electron chi connectivity index (χ4n) is 4.12. The number of nitrogens with one attached hydrogen (secondary N) is 1. The van der Waals surface area contributed by atoms with Crippen LogP contribution in [0.5, 0.6) is 5.75 Å². The number of hydrogen-bond donors (Lipinski definition) is 1. The molecule has 0 saturated carbocycles. The van der Waals surface area contributed by atoms with E-state index in [2.05, 4.69) is 10.3 Å². The first-order chi connectivity index (χ1) is 20.1. The molecular weight excluding hydrogens is 577 g/mol. The number of esters is 4. The maximum absolute atomic E-state index is 13.3. The van der Waals surface area contributed by atoms with Crippen LogP contribution < -0.4 is 10.1 Å². The summed E-state index contributed by atoms with van der Waals surface area (Å²) in [5.41, 5.74) is -1.74. The number of aryl methyl sites for hydroxylation is 1. The van der Waals surface area contributed by atoms with E-state index in [-0.39, 0.29) is 17.7 Å².